The van der Waals surface area contributed by atoms with E-state index in [1.807, 2.05) is 85.7 Å². The summed E-state index contributed by atoms with van der Waals surface area (Å²) < 4.78 is 18.3. The van der Waals surface area contributed by atoms with Crippen molar-refractivity contribution < 1.29 is 28.6 Å². The average molecular weight is 686 g/mol. The topological polar surface area (TPSA) is 113 Å². The van der Waals surface area contributed by atoms with Crippen molar-refractivity contribution in [1.29, 1.82) is 0 Å². The van der Waals surface area contributed by atoms with Crippen LogP contribution < -0.4 is 20.2 Å². The van der Waals surface area contributed by atoms with Gasteiger partial charge in [0, 0.05) is 72.8 Å². The lowest BCUT2D eigenvalue weighted by molar-refractivity contribution is -0.0233. The standard InChI is InChI=1S/C41H39N3O7/c1-6-43(7-2)30-15-13-28-19-32(39(47)51-35(28)22-30)37-23-41(33-18-16-29(42(4)5)21-36(33)50-37)34-20-27(25(3)45)14-17-31(34)38(46)44(41)40(48)49-24-26-11-9-8-10-12-26/h8-23,38,46H,6-7,24H2,1-5H3. The van der Waals surface area contributed by atoms with Gasteiger partial charge in [-0.1, -0.05) is 48.5 Å². The van der Waals surface area contributed by atoms with Crippen LogP contribution in [-0.2, 0) is 16.9 Å². The van der Waals surface area contributed by atoms with Gasteiger partial charge in [-0.2, -0.15) is 0 Å². The van der Waals surface area contributed by atoms with Gasteiger partial charge in [0.15, 0.2) is 12.0 Å². The maximum absolute atomic E-state index is 14.3. The van der Waals surface area contributed by atoms with Crippen molar-refractivity contribution in [3.63, 3.8) is 0 Å². The highest BCUT2D eigenvalue weighted by atomic mass is 16.6. The molecule has 2 atom stereocenters. The molecule has 3 heterocycles. The second kappa shape index (κ2) is 13.1. The van der Waals surface area contributed by atoms with Gasteiger partial charge in [0.25, 0.3) is 0 Å². The number of ether oxygens (including phenoxy) is 2. The number of nitrogens with zero attached hydrogens (tertiary/aromatic N) is 3. The Kier molecular flexibility index (Phi) is 8.64. The van der Waals surface area contributed by atoms with E-state index in [-0.39, 0.29) is 23.7 Å². The van der Waals surface area contributed by atoms with Crippen molar-refractivity contribution >= 4 is 40.0 Å². The predicted molar refractivity (Wildman–Crippen MR) is 196 cm³/mol. The summed E-state index contributed by atoms with van der Waals surface area (Å²) >= 11 is 0. The maximum Gasteiger partial charge on any atom is 0.413 e. The van der Waals surface area contributed by atoms with E-state index < -0.39 is 23.5 Å². The largest absolute Gasteiger partial charge is 0.456 e. The van der Waals surface area contributed by atoms with Crippen LogP contribution in [0.15, 0.2) is 106 Å². The van der Waals surface area contributed by atoms with E-state index in [1.54, 1.807) is 30.3 Å². The molecule has 4 aromatic carbocycles. The highest BCUT2D eigenvalue weighted by molar-refractivity contribution is 5.95. The highest BCUT2D eigenvalue weighted by Gasteiger charge is 2.56. The first-order valence-corrected chi connectivity index (χ1v) is 16.9. The number of ketones is 1. The van der Waals surface area contributed by atoms with Crippen LogP contribution in [0.1, 0.15) is 65.2 Å². The molecule has 1 amide bonds. The number of carbonyl (C=O) groups excluding carboxylic acids is 2. The van der Waals surface area contributed by atoms with Crippen LogP contribution in [0.3, 0.4) is 0 Å². The minimum atomic E-state index is -1.56. The Morgan fingerprint density at radius 2 is 1.65 bits per heavy atom. The first kappa shape index (κ1) is 33.6. The summed E-state index contributed by atoms with van der Waals surface area (Å²) in [5.41, 5.74) is 2.65. The summed E-state index contributed by atoms with van der Waals surface area (Å²) in [6.07, 6.45) is -0.621. The zero-order chi connectivity index (χ0) is 36.0. The van der Waals surface area contributed by atoms with Gasteiger partial charge in [0.05, 0.1) is 0 Å². The molecule has 10 nitrogen and oxygen atoms in total. The molecule has 0 radical (unpaired) electrons. The Morgan fingerprint density at radius 3 is 2.35 bits per heavy atom. The molecule has 10 heteroatoms. The summed E-state index contributed by atoms with van der Waals surface area (Å²) in [7, 11) is 3.78. The van der Waals surface area contributed by atoms with Gasteiger partial charge in [-0.05, 0) is 68.3 Å². The number of Topliss-reactive ketones (excluding diaryl/α,β-unsaturated/α-hetero) is 1. The first-order chi connectivity index (χ1) is 24.5. The predicted octanol–water partition coefficient (Wildman–Crippen LogP) is 7.23. The molecule has 7 rings (SSSR count). The lowest BCUT2D eigenvalue weighted by Gasteiger charge is -2.41. The van der Waals surface area contributed by atoms with Crippen molar-refractivity contribution in [2.75, 3.05) is 37.0 Å². The summed E-state index contributed by atoms with van der Waals surface area (Å²) in [6, 6.07) is 27.2. The van der Waals surface area contributed by atoms with E-state index in [9.17, 15) is 19.5 Å². The molecule has 2 aliphatic heterocycles. The number of fused-ring (bicyclic) bond motifs is 5. The fraction of sp³-hybridized carbons (Fsp3) is 0.244. The highest BCUT2D eigenvalue weighted by Crippen LogP contribution is 2.56. The van der Waals surface area contributed by atoms with Crippen LogP contribution in [0, 0.1) is 0 Å². The number of hydrogen-bond donors (Lipinski definition) is 1. The summed E-state index contributed by atoms with van der Waals surface area (Å²) in [5, 5.41) is 12.6. The van der Waals surface area contributed by atoms with Gasteiger partial charge >= 0.3 is 11.7 Å². The van der Waals surface area contributed by atoms with Gasteiger partial charge in [-0.25, -0.2) is 9.59 Å². The van der Waals surface area contributed by atoms with Crippen LogP contribution in [0.2, 0.25) is 0 Å². The van der Waals surface area contributed by atoms with Crippen molar-refractivity contribution in [3.8, 4) is 5.75 Å². The third-order valence-corrected chi connectivity index (χ3v) is 9.74. The molecule has 260 valence electrons. The normalized spacial score (nSPS) is 17.4. The van der Waals surface area contributed by atoms with Gasteiger partial charge in [-0.15, -0.1) is 0 Å². The number of hydrogen-bond acceptors (Lipinski definition) is 9. The molecule has 51 heavy (non-hydrogen) atoms. The second-order valence-electron chi connectivity index (χ2n) is 12.9. The van der Waals surface area contributed by atoms with E-state index in [1.165, 1.54) is 11.8 Å². The quantitative estimate of drug-likeness (QED) is 0.134. The van der Waals surface area contributed by atoms with E-state index in [0.29, 0.717) is 39.0 Å². The van der Waals surface area contributed by atoms with Crippen LogP contribution in [0.25, 0.3) is 16.7 Å². The Bertz CT molecular complexity index is 2260. The Balaban J connectivity index is 1.46. The zero-order valence-corrected chi connectivity index (χ0v) is 29.2. The molecule has 5 aromatic rings. The van der Waals surface area contributed by atoms with Crippen molar-refractivity contribution in [1.82, 2.24) is 4.90 Å². The number of rotatable bonds is 8. The number of amides is 1. The average Bonchev–Trinajstić information content (AvgIpc) is 3.37. The summed E-state index contributed by atoms with van der Waals surface area (Å²) in [4.78, 5) is 46.2. The molecular weight excluding hydrogens is 646 g/mol. The smallest absolute Gasteiger partial charge is 0.413 e. The van der Waals surface area contributed by atoms with Crippen molar-refractivity contribution in [2.45, 2.75) is 39.1 Å². The lowest BCUT2D eigenvalue weighted by atomic mass is 9.79. The molecule has 0 aliphatic carbocycles. The Morgan fingerprint density at radius 1 is 0.902 bits per heavy atom. The first-order valence-electron chi connectivity index (χ1n) is 16.9. The van der Waals surface area contributed by atoms with E-state index in [0.717, 1.165) is 30.0 Å². The van der Waals surface area contributed by atoms with Gasteiger partial charge in [0.2, 0.25) is 0 Å². The van der Waals surface area contributed by atoms with Crippen LogP contribution in [-0.4, -0.2) is 49.1 Å². The molecule has 0 saturated heterocycles. The maximum atomic E-state index is 14.3. The van der Waals surface area contributed by atoms with Crippen LogP contribution in [0.4, 0.5) is 16.2 Å². The SMILES string of the molecule is CCN(CC)c1ccc2cc(C3=CC4(c5ccc(N(C)C)cc5O3)c3cc(C(C)=O)ccc3C(O)N4C(=O)OCc3ccccc3)c(=O)oc2c1. The number of aliphatic hydroxyl groups excluding tert-OH is 1. The lowest BCUT2D eigenvalue weighted by Crippen LogP contribution is -2.48. The van der Waals surface area contributed by atoms with E-state index >= 15 is 0 Å². The fourth-order valence-electron chi connectivity index (χ4n) is 7.04. The summed E-state index contributed by atoms with van der Waals surface area (Å²) in [5.74, 6) is 0.284. The number of benzene rings is 4. The Labute approximate surface area is 295 Å². The van der Waals surface area contributed by atoms with Crippen molar-refractivity contribution in [2.24, 2.45) is 0 Å². The fourth-order valence-corrected chi connectivity index (χ4v) is 7.04. The molecule has 2 unspecified atom stereocenters. The second-order valence-corrected chi connectivity index (χ2v) is 12.9. The molecule has 1 N–H and O–H groups in total. The Hall–Kier alpha value is -5.87. The third kappa shape index (κ3) is 5.71. The number of aliphatic hydroxyl groups is 1. The van der Waals surface area contributed by atoms with E-state index in [2.05, 4.69) is 18.7 Å². The molecule has 0 bridgehead atoms. The van der Waals surface area contributed by atoms with E-state index in [4.69, 9.17) is 13.9 Å². The third-order valence-electron chi connectivity index (χ3n) is 9.74. The monoisotopic (exact) mass is 685 g/mol. The summed E-state index contributed by atoms with van der Waals surface area (Å²) in [6.45, 7) is 7.13. The molecule has 1 aromatic heterocycles. The zero-order valence-electron chi connectivity index (χ0n) is 29.2. The van der Waals surface area contributed by atoms with Gasteiger partial charge in [0.1, 0.15) is 34.8 Å². The van der Waals surface area contributed by atoms with Crippen LogP contribution >= 0.6 is 0 Å². The van der Waals surface area contributed by atoms with Gasteiger partial charge < -0.3 is 28.8 Å². The molecule has 0 fully saturated rings. The minimum Gasteiger partial charge on any atom is -0.456 e. The molecular formula is C41H39N3O7. The van der Waals surface area contributed by atoms with Crippen LogP contribution in [0.5, 0.6) is 5.75 Å². The molecule has 0 saturated carbocycles. The van der Waals surface area contributed by atoms with Gasteiger partial charge in [-0.3, -0.25) is 9.69 Å². The molecule has 2 aliphatic rings. The number of anilines is 2. The number of carbonyl (C=O) groups is 2. The van der Waals surface area contributed by atoms with Crippen molar-refractivity contribution in [3.05, 3.63) is 141 Å². The molecule has 1 spiro atoms. The minimum absolute atomic E-state index is 0.0444.